The van der Waals surface area contributed by atoms with Crippen LogP contribution >= 0.6 is 11.3 Å². The monoisotopic (exact) mass is 301 g/mol. The summed E-state index contributed by atoms with van der Waals surface area (Å²) in [6, 6.07) is 9.00. The molecule has 0 aliphatic carbocycles. The first kappa shape index (κ1) is 14.5. The maximum absolute atomic E-state index is 4.47. The summed E-state index contributed by atoms with van der Waals surface area (Å²) in [6.07, 6.45) is 4.04. The van der Waals surface area contributed by atoms with Gasteiger partial charge in [0, 0.05) is 37.2 Å². The molecular weight excluding hydrogens is 278 g/mol. The molecule has 112 valence electrons. The molecule has 21 heavy (non-hydrogen) atoms. The molecule has 0 unspecified atom stereocenters. The van der Waals surface area contributed by atoms with E-state index >= 15 is 0 Å². The standard InChI is InChI=1S/C17H23N3S/c1-14-19-16(13-21-14)12-18-11-15-5-7-17(8-6-15)20-9-3-2-4-10-20/h5-8,13,18H,2-4,9-12H2,1H3. The zero-order valence-corrected chi connectivity index (χ0v) is 13.5. The highest BCUT2D eigenvalue weighted by Crippen LogP contribution is 2.20. The van der Waals surface area contributed by atoms with Gasteiger partial charge in [0.2, 0.25) is 0 Å². The molecule has 0 atom stereocenters. The third-order valence-corrected chi connectivity index (χ3v) is 4.78. The maximum Gasteiger partial charge on any atom is 0.0897 e. The van der Waals surface area contributed by atoms with Gasteiger partial charge in [-0.25, -0.2) is 4.98 Å². The van der Waals surface area contributed by atoms with Crippen LogP contribution in [0.5, 0.6) is 0 Å². The molecule has 1 aliphatic heterocycles. The molecule has 1 aromatic carbocycles. The Bertz CT molecular complexity index is 556. The van der Waals surface area contributed by atoms with Crippen LogP contribution in [-0.4, -0.2) is 18.1 Å². The van der Waals surface area contributed by atoms with Gasteiger partial charge in [-0.2, -0.15) is 0 Å². The molecule has 3 rings (SSSR count). The molecule has 0 saturated carbocycles. The first-order chi connectivity index (χ1) is 10.3. The predicted octanol–water partition coefficient (Wildman–Crippen LogP) is 3.73. The molecule has 2 aromatic rings. The van der Waals surface area contributed by atoms with Crippen LogP contribution in [0.1, 0.15) is 35.5 Å². The SMILES string of the molecule is Cc1nc(CNCc2ccc(N3CCCCC3)cc2)cs1. The highest BCUT2D eigenvalue weighted by molar-refractivity contribution is 7.09. The summed E-state index contributed by atoms with van der Waals surface area (Å²) in [7, 11) is 0. The minimum absolute atomic E-state index is 0.845. The van der Waals surface area contributed by atoms with Crippen LogP contribution in [0.4, 0.5) is 5.69 Å². The van der Waals surface area contributed by atoms with Gasteiger partial charge < -0.3 is 10.2 Å². The van der Waals surface area contributed by atoms with Crippen LogP contribution in [0.3, 0.4) is 0 Å². The van der Waals surface area contributed by atoms with Crippen molar-refractivity contribution in [2.24, 2.45) is 0 Å². The molecule has 0 radical (unpaired) electrons. The van der Waals surface area contributed by atoms with Gasteiger partial charge in [-0.15, -0.1) is 11.3 Å². The fourth-order valence-corrected chi connectivity index (χ4v) is 3.41. The molecule has 1 fully saturated rings. The number of nitrogens with zero attached hydrogens (tertiary/aromatic N) is 2. The minimum Gasteiger partial charge on any atom is -0.372 e. The molecular formula is C17H23N3S. The Kier molecular flexibility index (Phi) is 4.88. The Morgan fingerprint density at radius 1 is 1.10 bits per heavy atom. The van der Waals surface area contributed by atoms with Crippen molar-refractivity contribution < 1.29 is 0 Å². The Labute approximate surface area is 131 Å². The van der Waals surface area contributed by atoms with E-state index in [-0.39, 0.29) is 0 Å². The lowest BCUT2D eigenvalue weighted by molar-refractivity contribution is 0.578. The van der Waals surface area contributed by atoms with Gasteiger partial charge in [0.1, 0.15) is 0 Å². The molecule has 3 nitrogen and oxygen atoms in total. The molecule has 2 heterocycles. The Morgan fingerprint density at radius 3 is 2.52 bits per heavy atom. The van der Waals surface area contributed by atoms with Gasteiger partial charge >= 0.3 is 0 Å². The minimum atomic E-state index is 0.845. The van der Waals surface area contributed by atoms with Gasteiger partial charge in [-0.3, -0.25) is 0 Å². The number of rotatable bonds is 5. The van der Waals surface area contributed by atoms with E-state index in [1.165, 1.54) is 43.6 Å². The van der Waals surface area contributed by atoms with Crippen molar-refractivity contribution >= 4 is 17.0 Å². The third kappa shape index (κ3) is 4.05. The zero-order chi connectivity index (χ0) is 14.5. The summed E-state index contributed by atoms with van der Waals surface area (Å²) in [6.45, 7) is 6.21. The van der Waals surface area contributed by atoms with Gasteiger partial charge in [0.25, 0.3) is 0 Å². The summed E-state index contributed by atoms with van der Waals surface area (Å²) < 4.78 is 0. The molecule has 4 heteroatoms. The predicted molar refractivity (Wildman–Crippen MR) is 89.9 cm³/mol. The number of aromatic nitrogens is 1. The van der Waals surface area contributed by atoms with Crippen LogP contribution < -0.4 is 10.2 Å². The number of hydrogen-bond donors (Lipinski definition) is 1. The number of thiazole rings is 1. The van der Waals surface area contributed by atoms with Crippen molar-refractivity contribution in [1.29, 1.82) is 0 Å². The van der Waals surface area contributed by atoms with Gasteiger partial charge in [0.15, 0.2) is 0 Å². The Hall–Kier alpha value is -1.39. The van der Waals surface area contributed by atoms with Crippen molar-refractivity contribution in [2.75, 3.05) is 18.0 Å². The number of nitrogens with one attached hydrogen (secondary N) is 1. The number of aryl methyl sites for hydroxylation is 1. The highest BCUT2D eigenvalue weighted by Gasteiger charge is 2.10. The average Bonchev–Trinajstić information content (AvgIpc) is 2.94. The summed E-state index contributed by atoms with van der Waals surface area (Å²) in [5.74, 6) is 0. The van der Waals surface area contributed by atoms with E-state index < -0.39 is 0 Å². The van der Waals surface area contributed by atoms with E-state index in [9.17, 15) is 0 Å². The number of anilines is 1. The smallest absolute Gasteiger partial charge is 0.0897 e. The second kappa shape index (κ2) is 7.05. The largest absolute Gasteiger partial charge is 0.372 e. The Balaban J connectivity index is 1.49. The Morgan fingerprint density at radius 2 is 1.86 bits per heavy atom. The van der Waals surface area contributed by atoms with E-state index in [0.717, 1.165) is 23.8 Å². The van der Waals surface area contributed by atoms with Crippen LogP contribution in [0.25, 0.3) is 0 Å². The number of piperidine rings is 1. The molecule has 0 bridgehead atoms. The number of hydrogen-bond acceptors (Lipinski definition) is 4. The van der Waals surface area contributed by atoms with E-state index in [2.05, 4.69) is 44.8 Å². The molecule has 1 aliphatic rings. The van der Waals surface area contributed by atoms with E-state index in [1.807, 2.05) is 6.92 Å². The van der Waals surface area contributed by atoms with Crippen LogP contribution in [-0.2, 0) is 13.1 Å². The van der Waals surface area contributed by atoms with Crippen molar-refractivity contribution in [1.82, 2.24) is 10.3 Å². The van der Waals surface area contributed by atoms with E-state index in [0.29, 0.717) is 0 Å². The molecule has 0 spiro atoms. The van der Waals surface area contributed by atoms with Gasteiger partial charge in [0.05, 0.1) is 10.7 Å². The van der Waals surface area contributed by atoms with Gasteiger partial charge in [-0.05, 0) is 43.9 Å². The molecule has 1 saturated heterocycles. The lowest BCUT2D eigenvalue weighted by Gasteiger charge is -2.28. The number of benzene rings is 1. The molecule has 1 aromatic heterocycles. The van der Waals surface area contributed by atoms with Gasteiger partial charge in [-0.1, -0.05) is 12.1 Å². The maximum atomic E-state index is 4.47. The highest BCUT2D eigenvalue weighted by atomic mass is 32.1. The normalized spacial score (nSPS) is 15.4. The van der Waals surface area contributed by atoms with Crippen molar-refractivity contribution in [2.45, 2.75) is 39.3 Å². The van der Waals surface area contributed by atoms with E-state index in [4.69, 9.17) is 0 Å². The summed E-state index contributed by atoms with van der Waals surface area (Å²) in [4.78, 5) is 6.97. The quantitative estimate of drug-likeness (QED) is 0.912. The zero-order valence-electron chi connectivity index (χ0n) is 12.6. The molecule has 1 N–H and O–H groups in total. The van der Waals surface area contributed by atoms with Crippen molar-refractivity contribution in [3.8, 4) is 0 Å². The van der Waals surface area contributed by atoms with Crippen molar-refractivity contribution in [3.63, 3.8) is 0 Å². The second-order valence-electron chi connectivity index (χ2n) is 5.68. The fourth-order valence-electron chi connectivity index (χ4n) is 2.80. The topological polar surface area (TPSA) is 28.2 Å². The first-order valence-corrected chi connectivity index (χ1v) is 8.65. The van der Waals surface area contributed by atoms with Crippen molar-refractivity contribution in [3.05, 3.63) is 45.9 Å². The van der Waals surface area contributed by atoms with Crippen LogP contribution in [0.2, 0.25) is 0 Å². The average molecular weight is 301 g/mol. The third-order valence-electron chi connectivity index (χ3n) is 3.96. The lowest BCUT2D eigenvalue weighted by atomic mass is 10.1. The summed E-state index contributed by atoms with van der Waals surface area (Å²) >= 11 is 1.71. The fraction of sp³-hybridized carbons (Fsp3) is 0.471. The second-order valence-corrected chi connectivity index (χ2v) is 6.74. The molecule has 0 amide bonds. The summed E-state index contributed by atoms with van der Waals surface area (Å²) in [5, 5.41) is 6.72. The lowest BCUT2D eigenvalue weighted by Crippen LogP contribution is -2.29. The van der Waals surface area contributed by atoms with E-state index in [1.54, 1.807) is 11.3 Å². The van der Waals surface area contributed by atoms with Crippen LogP contribution in [0.15, 0.2) is 29.6 Å². The first-order valence-electron chi connectivity index (χ1n) is 7.77. The summed E-state index contributed by atoms with van der Waals surface area (Å²) in [5.41, 5.74) is 3.85. The van der Waals surface area contributed by atoms with Crippen LogP contribution in [0, 0.1) is 6.92 Å².